The molecule has 1 N–H and O–H groups in total. The lowest BCUT2D eigenvalue weighted by Gasteiger charge is -2.10. The van der Waals surface area contributed by atoms with Gasteiger partial charge in [0.15, 0.2) is 5.69 Å². The molecule has 0 saturated heterocycles. The zero-order valence-electron chi connectivity index (χ0n) is 9.40. The minimum absolute atomic E-state index is 0.0870. The van der Waals surface area contributed by atoms with E-state index in [2.05, 4.69) is 25.9 Å². The largest absolute Gasteiger partial charge is 0.434 e. The molecule has 0 aliphatic heterocycles. The lowest BCUT2D eigenvalue weighted by Crippen LogP contribution is -2.06. The maximum Gasteiger partial charge on any atom is 0.434 e. The molecule has 0 aliphatic carbocycles. The van der Waals surface area contributed by atoms with Crippen molar-refractivity contribution in [1.82, 2.24) is 9.97 Å². The number of hydrogen-bond acceptors (Lipinski definition) is 1. The van der Waals surface area contributed by atoms with Gasteiger partial charge in [0.2, 0.25) is 0 Å². The summed E-state index contributed by atoms with van der Waals surface area (Å²) < 4.78 is 75.0. The monoisotopic (exact) mass is 358 g/mol. The Morgan fingerprint density at radius 3 is 2.15 bits per heavy atom. The van der Waals surface area contributed by atoms with Gasteiger partial charge in [-0.3, -0.25) is 0 Å². The Morgan fingerprint density at radius 1 is 1.00 bits per heavy atom. The number of aromatic amines is 1. The Bertz CT molecular complexity index is 629. The number of rotatable bonds is 1. The van der Waals surface area contributed by atoms with Crippen molar-refractivity contribution in [3.63, 3.8) is 0 Å². The molecule has 0 amide bonds. The molecule has 0 bridgehead atoms. The van der Waals surface area contributed by atoms with Crippen molar-refractivity contribution in [2.75, 3.05) is 0 Å². The summed E-state index contributed by atoms with van der Waals surface area (Å²) in [4.78, 5) is 5.45. The van der Waals surface area contributed by atoms with Crippen molar-refractivity contribution >= 4 is 15.9 Å². The Balaban J connectivity index is 2.47. The van der Waals surface area contributed by atoms with Crippen molar-refractivity contribution in [1.29, 1.82) is 0 Å². The summed E-state index contributed by atoms with van der Waals surface area (Å²) in [5.41, 5.74) is -2.26. The molecule has 1 aromatic carbocycles. The highest BCUT2D eigenvalue weighted by atomic mass is 79.9. The molecule has 0 spiro atoms. The molecule has 2 aromatic rings. The minimum Gasteiger partial charge on any atom is -0.344 e. The first-order chi connectivity index (χ1) is 9.09. The van der Waals surface area contributed by atoms with E-state index in [1.165, 1.54) is 6.07 Å². The molecular formula is C11H5BrF6N2. The zero-order valence-corrected chi connectivity index (χ0v) is 11.0. The van der Waals surface area contributed by atoms with Crippen LogP contribution in [-0.4, -0.2) is 9.97 Å². The van der Waals surface area contributed by atoms with E-state index in [0.29, 0.717) is 6.20 Å². The van der Waals surface area contributed by atoms with Crippen molar-refractivity contribution in [2.45, 2.75) is 12.4 Å². The molecule has 0 aliphatic rings. The maximum atomic E-state index is 12.7. The number of nitrogens with one attached hydrogen (secondary N) is 1. The van der Waals surface area contributed by atoms with E-state index in [4.69, 9.17) is 0 Å². The first-order valence-corrected chi connectivity index (χ1v) is 5.88. The van der Waals surface area contributed by atoms with Crippen molar-refractivity contribution in [3.8, 4) is 11.4 Å². The van der Waals surface area contributed by atoms with Gasteiger partial charge in [-0.05, 0) is 12.1 Å². The minimum atomic E-state index is -4.66. The molecule has 0 saturated carbocycles. The first kappa shape index (κ1) is 14.9. The molecule has 0 radical (unpaired) electrons. The van der Waals surface area contributed by atoms with Gasteiger partial charge in [0, 0.05) is 16.2 Å². The Kier molecular flexibility index (Phi) is 3.57. The van der Waals surface area contributed by atoms with Gasteiger partial charge in [-0.2, -0.15) is 26.3 Å². The van der Waals surface area contributed by atoms with Gasteiger partial charge >= 0.3 is 12.4 Å². The second-order valence-electron chi connectivity index (χ2n) is 3.82. The molecule has 0 fully saturated rings. The molecule has 9 heteroatoms. The summed E-state index contributed by atoms with van der Waals surface area (Å²) in [7, 11) is 0. The van der Waals surface area contributed by atoms with Crippen LogP contribution in [0, 0.1) is 0 Å². The lowest BCUT2D eigenvalue weighted by atomic mass is 10.1. The Morgan fingerprint density at radius 2 is 1.65 bits per heavy atom. The van der Waals surface area contributed by atoms with Crippen LogP contribution < -0.4 is 0 Å². The van der Waals surface area contributed by atoms with E-state index < -0.39 is 23.6 Å². The number of H-pyrrole nitrogens is 1. The number of aromatic nitrogens is 2. The predicted octanol–water partition coefficient (Wildman–Crippen LogP) is 4.88. The van der Waals surface area contributed by atoms with Gasteiger partial charge in [-0.25, -0.2) is 4.98 Å². The van der Waals surface area contributed by atoms with Gasteiger partial charge in [0.25, 0.3) is 0 Å². The Hall–Kier alpha value is -1.51. The fourth-order valence-electron chi connectivity index (χ4n) is 1.50. The smallest absolute Gasteiger partial charge is 0.344 e. The number of benzene rings is 1. The number of imidazole rings is 1. The van der Waals surface area contributed by atoms with Crippen LogP contribution in [-0.2, 0) is 12.4 Å². The van der Waals surface area contributed by atoms with Crippen molar-refractivity contribution < 1.29 is 26.3 Å². The summed E-state index contributed by atoms with van der Waals surface area (Å²) in [6, 6.07) is 3.06. The Labute approximate surface area is 117 Å². The summed E-state index contributed by atoms with van der Waals surface area (Å²) >= 11 is 2.75. The van der Waals surface area contributed by atoms with E-state index in [-0.39, 0.29) is 15.9 Å². The molecule has 108 valence electrons. The SMILES string of the molecule is FC(F)(F)c1c[nH]c(-c2ccc(Br)c(C(F)(F)F)c2)n1. The fourth-order valence-corrected chi connectivity index (χ4v) is 1.98. The summed E-state index contributed by atoms with van der Waals surface area (Å²) in [5, 5.41) is 0. The van der Waals surface area contributed by atoms with E-state index in [9.17, 15) is 26.3 Å². The van der Waals surface area contributed by atoms with Gasteiger partial charge in [-0.1, -0.05) is 22.0 Å². The van der Waals surface area contributed by atoms with Crippen molar-refractivity contribution in [3.05, 3.63) is 40.1 Å². The van der Waals surface area contributed by atoms with E-state index >= 15 is 0 Å². The lowest BCUT2D eigenvalue weighted by molar-refractivity contribution is -0.141. The van der Waals surface area contributed by atoms with Gasteiger partial charge < -0.3 is 4.98 Å². The van der Waals surface area contributed by atoms with Gasteiger partial charge in [0.1, 0.15) is 5.82 Å². The summed E-state index contributed by atoms with van der Waals surface area (Å²) in [6.45, 7) is 0. The first-order valence-electron chi connectivity index (χ1n) is 5.09. The van der Waals surface area contributed by atoms with E-state index in [0.717, 1.165) is 12.1 Å². The second-order valence-corrected chi connectivity index (χ2v) is 4.68. The van der Waals surface area contributed by atoms with Crippen molar-refractivity contribution in [2.24, 2.45) is 0 Å². The maximum absolute atomic E-state index is 12.7. The average molecular weight is 359 g/mol. The normalized spacial score (nSPS) is 12.8. The topological polar surface area (TPSA) is 28.7 Å². The highest BCUT2D eigenvalue weighted by Crippen LogP contribution is 2.37. The van der Waals surface area contributed by atoms with Crippen LogP contribution in [0.1, 0.15) is 11.3 Å². The fraction of sp³-hybridized carbons (Fsp3) is 0.182. The second kappa shape index (κ2) is 4.80. The third-order valence-electron chi connectivity index (χ3n) is 2.41. The molecule has 1 aromatic heterocycles. The van der Waals surface area contributed by atoms with Crippen LogP contribution in [0.4, 0.5) is 26.3 Å². The predicted molar refractivity (Wildman–Crippen MR) is 61.7 cm³/mol. The number of alkyl halides is 6. The third-order valence-corrected chi connectivity index (χ3v) is 3.10. The van der Waals surface area contributed by atoms with Crippen LogP contribution in [0.2, 0.25) is 0 Å². The highest BCUT2D eigenvalue weighted by Gasteiger charge is 2.35. The molecule has 1 heterocycles. The number of hydrogen-bond donors (Lipinski definition) is 1. The van der Waals surface area contributed by atoms with Crippen LogP contribution in [0.25, 0.3) is 11.4 Å². The van der Waals surface area contributed by atoms with Gasteiger partial charge in [-0.15, -0.1) is 0 Å². The van der Waals surface area contributed by atoms with Crippen LogP contribution in [0.3, 0.4) is 0 Å². The molecule has 0 atom stereocenters. The molecule has 2 rings (SSSR count). The molecule has 0 unspecified atom stereocenters. The zero-order chi connectivity index (χ0) is 15.1. The number of halogens is 7. The van der Waals surface area contributed by atoms with Crippen LogP contribution in [0.15, 0.2) is 28.9 Å². The quantitative estimate of drug-likeness (QED) is 0.723. The molecular weight excluding hydrogens is 354 g/mol. The number of nitrogens with zero attached hydrogens (tertiary/aromatic N) is 1. The third kappa shape index (κ3) is 2.97. The average Bonchev–Trinajstić information content (AvgIpc) is 2.77. The van der Waals surface area contributed by atoms with Crippen LogP contribution in [0.5, 0.6) is 0 Å². The molecule has 2 nitrogen and oxygen atoms in total. The highest BCUT2D eigenvalue weighted by molar-refractivity contribution is 9.10. The summed E-state index contributed by atoms with van der Waals surface area (Å²) in [6.07, 6.45) is -8.67. The van der Waals surface area contributed by atoms with E-state index in [1.54, 1.807) is 0 Å². The summed E-state index contributed by atoms with van der Waals surface area (Å²) in [5.74, 6) is -0.282. The standard InChI is InChI=1S/C11H5BrF6N2/c12-7-2-1-5(3-6(7)10(13,14)15)9-19-4-8(20-9)11(16,17)18/h1-4H,(H,19,20). The van der Waals surface area contributed by atoms with Crippen LogP contribution >= 0.6 is 15.9 Å². The molecule has 20 heavy (non-hydrogen) atoms. The van der Waals surface area contributed by atoms with E-state index in [1.807, 2.05) is 0 Å². The van der Waals surface area contributed by atoms with Gasteiger partial charge in [0.05, 0.1) is 5.56 Å².